The van der Waals surface area contributed by atoms with Crippen LogP contribution in [-0.4, -0.2) is 6.54 Å². The Morgan fingerprint density at radius 2 is 1.70 bits per heavy atom. The summed E-state index contributed by atoms with van der Waals surface area (Å²) in [6.45, 7) is 3.43. The van der Waals surface area contributed by atoms with Gasteiger partial charge in [-0.3, -0.25) is 0 Å². The molecule has 112 valence electrons. The van der Waals surface area contributed by atoms with Crippen LogP contribution in [0.15, 0.2) is 18.2 Å². The van der Waals surface area contributed by atoms with Gasteiger partial charge >= 0.3 is 0 Å². The summed E-state index contributed by atoms with van der Waals surface area (Å²) in [5, 5.41) is 3.49. The van der Waals surface area contributed by atoms with Crippen LogP contribution in [0.5, 0.6) is 0 Å². The molecule has 1 aliphatic heterocycles. The minimum atomic E-state index is 1.14. The van der Waals surface area contributed by atoms with Crippen molar-refractivity contribution >= 4 is 5.69 Å². The molecule has 0 saturated heterocycles. The van der Waals surface area contributed by atoms with Gasteiger partial charge in [-0.2, -0.15) is 0 Å². The summed E-state index contributed by atoms with van der Waals surface area (Å²) in [6, 6.07) is 7.04. The van der Waals surface area contributed by atoms with Crippen LogP contribution in [0.4, 0.5) is 5.69 Å². The average Bonchev–Trinajstić information content (AvgIpc) is 2.50. The van der Waals surface area contributed by atoms with E-state index in [9.17, 15) is 0 Å². The first-order chi connectivity index (χ1) is 9.90. The fourth-order valence-corrected chi connectivity index (χ4v) is 3.15. The molecule has 20 heavy (non-hydrogen) atoms. The number of rotatable bonds is 9. The molecule has 0 spiro atoms. The molecule has 0 aromatic heterocycles. The molecule has 1 heteroatoms. The lowest BCUT2D eigenvalue weighted by molar-refractivity contribution is 0.575. The highest BCUT2D eigenvalue weighted by Gasteiger charge is 2.08. The van der Waals surface area contributed by atoms with E-state index in [1.807, 2.05) is 0 Å². The zero-order chi connectivity index (χ0) is 14.0. The Balaban J connectivity index is 1.60. The second kappa shape index (κ2) is 9.05. The van der Waals surface area contributed by atoms with Gasteiger partial charge in [0.25, 0.3) is 0 Å². The third-order valence-electron chi connectivity index (χ3n) is 4.43. The molecule has 0 aliphatic carbocycles. The van der Waals surface area contributed by atoms with E-state index in [2.05, 4.69) is 30.4 Å². The molecule has 0 saturated carbocycles. The molecular formula is C19H31N. The number of unbranched alkanes of at least 4 members (excludes halogenated alkanes) is 7. The molecular weight excluding hydrogens is 242 g/mol. The van der Waals surface area contributed by atoms with Crippen molar-refractivity contribution in [3.05, 3.63) is 29.3 Å². The van der Waals surface area contributed by atoms with Crippen molar-refractivity contribution in [1.29, 1.82) is 0 Å². The van der Waals surface area contributed by atoms with Gasteiger partial charge in [0.15, 0.2) is 0 Å². The standard InChI is InChI=1S/C19H31N/c1-2-3-4-5-6-7-8-9-11-17-13-14-19-18(16-17)12-10-15-20-19/h13-14,16,20H,2-12,15H2,1H3. The molecule has 2 rings (SSSR count). The van der Waals surface area contributed by atoms with Gasteiger partial charge < -0.3 is 5.32 Å². The summed E-state index contributed by atoms with van der Waals surface area (Å²) >= 11 is 0. The van der Waals surface area contributed by atoms with Crippen LogP contribution >= 0.6 is 0 Å². The second-order valence-corrected chi connectivity index (χ2v) is 6.25. The van der Waals surface area contributed by atoms with E-state index in [0.29, 0.717) is 0 Å². The van der Waals surface area contributed by atoms with Gasteiger partial charge in [0.05, 0.1) is 0 Å². The monoisotopic (exact) mass is 273 g/mol. The lowest BCUT2D eigenvalue weighted by Crippen LogP contribution is -2.11. The smallest absolute Gasteiger partial charge is 0.0372 e. The molecule has 0 radical (unpaired) electrons. The van der Waals surface area contributed by atoms with Gasteiger partial charge in [-0.25, -0.2) is 0 Å². The number of hydrogen-bond donors (Lipinski definition) is 1. The summed E-state index contributed by atoms with van der Waals surface area (Å²) in [7, 11) is 0. The van der Waals surface area contributed by atoms with E-state index < -0.39 is 0 Å². The van der Waals surface area contributed by atoms with E-state index >= 15 is 0 Å². The summed E-state index contributed by atoms with van der Waals surface area (Å²) < 4.78 is 0. The number of hydrogen-bond acceptors (Lipinski definition) is 1. The Morgan fingerprint density at radius 1 is 0.950 bits per heavy atom. The third-order valence-corrected chi connectivity index (χ3v) is 4.43. The van der Waals surface area contributed by atoms with Crippen molar-refractivity contribution in [2.75, 3.05) is 11.9 Å². The van der Waals surface area contributed by atoms with Crippen LogP contribution in [0.25, 0.3) is 0 Å². The molecule has 0 bridgehead atoms. The minimum Gasteiger partial charge on any atom is -0.385 e. The van der Waals surface area contributed by atoms with Crippen molar-refractivity contribution in [2.45, 2.75) is 77.6 Å². The highest BCUT2D eigenvalue weighted by molar-refractivity contribution is 5.54. The van der Waals surface area contributed by atoms with Crippen molar-refractivity contribution in [2.24, 2.45) is 0 Å². The Bertz CT molecular complexity index is 383. The predicted molar refractivity (Wildman–Crippen MR) is 89.6 cm³/mol. The van der Waals surface area contributed by atoms with Crippen LogP contribution in [0.1, 0.15) is 75.8 Å². The summed E-state index contributed by atoms with van der Waals surface area (Å²) in [5.41, 5.74) is 4.45. The van der Waals surface area contributed by atoms with Crippen LogP contribution in [0.2, 0.25) is 0 Å². The van der Waals surface area contributed by atoms with Gasteiger partial charge in [-0.05, 0) is 42.9 Å². The Labute approximate surface area is 125 Å². The van der Waals surface area contributed by atoms with Gasteiger partial charge in [0, 0.05) is 12.2 Å². The average molecular weight is 273 g/mol. The van der Waals surface area contributed by atoms with Gasteiger partial charge in [0.1, 0.15) is 0 Å². The SMILES string of the molecule is CCCCCCCCCCc1ccc2c(c1)CCCN2. The molecule has 1 aliphatic rings. The minimum absolute atomic E-state index is 1.14. The van der Waals surface area contributed by atoms with E-state index in [-0.39, 0.29) is 0 Å². The van der Waals surface area contributed by atoms with E-state index in [0.717, 1.165) is 6.54 Å². The summed E-state index contributed by atoms with van der Waals surface area (Å²) in [5.74, 6) is 0. The van der Waals surface area contributed by atoms with Crippen LogP contribution < -0.4 is 5.32 Å². The molecule has 1 nitrogen and oxygen atoms in total. The lowest BCUT2D eigenvalue weighted by Gasteiger charge is -2.18. The first-order valence-corrected chi connectivity index (χ1v) is 8.76. The van der Waals surface area contributed by atoms with Crippen molar-refractivity contribution in [3.8, 4) is 0 Å². The zero-order valence-electron chi connectivity index (χ0n) is 13.2. The van der Waals surface area contributed by atoms with E-state index in [4.69, 9.17) is 0 Å². The molecule has 1 aromatic carbocycles. The largest absolute Gasteiger partial charge is 0.385 e. The normalized spacial score (nSPS) is 13.8. The first-order valence-electron chi connectivity index (χ1n) is 8.76. The third kappa shape index (κ3) is 5.19. The predicted octanol–water partition coefficient (Wildman–Crippen LogP) is 5.73. The van der Waals surface area contributed by atoms with Crippen LogP contribution in [-0.2, 0) is 12.8 Å². The fraction of sp³-hybridized carbons (Fsp3) is 0.684. The molecule has 1 N–H and O–H groups in total. The van der Waals surface area contributed by atoms with Crippen molar-refractivity contribution in [1.82, 2.24) is 0 Å². The number of nitrogens with one attached hydrogen (secondary N) is 1. The van der Waals surface area contributed by atoms with Crippen molar-refractivity contribution < 1.29 is 0 Å². The maximum absolute atomic E-state index is 3.49. The highest BCUT2D eigenvalue weighted by Crippen LogP contribution is 2.23. The van der Waals surface area contributed by atoms with Crippen molar-refractivity contribution in [3.63, 3.8) is 0 Å². The van der Waals surface area contributed by atoms with E-state index in [1.54, 1.807) is 5.56 Å². The molecule has 1 heterocycles. The lowest BCUT2D eigenvalue weighted by atomic mass is 9.98. The van der Waals surface area contributed by atoms with Gasteiger partial charge in [-0.15, -0.1) is 0 Å². The van der Waals surface area contributed by atoms with Gasteiger partial charge in [-0.1, -0.05) is 64.0 Å². The molecule has 0 unspecified atom stereocenters. The number of fused-ring (bicyclic) bond motifs is 1. The molecule has 0 fully saturated rings. The fourth-order valence-electron chi connectivity index (χ4n) is 3.15. The second-order valence-electron chi connectivity index (χ2n) is 6.25. The maximum atomic E-state index is 3.49. The highest BCUT2D eigenvalue weighted by atomic mass is 14.9. The summed E-state index contributed by atoms with van der Waals surface area (Å²) in [6.07, 6.45) is 15.1. The topological polar surface area (TPSA) is 12.0 Å². The van der Waals surface area contributed by atoms with Gasteiger partial charge in [0.2, 0.25) is 0 Å². The Kier molecular flexibility index (Phi) is 6.97. The Hall–Kier alpha value is -0.980. The first kappa shape index (κ1) is 15.4. The zero-order valence-corrected chi connectivity index (χ0v) is 13.2. The van der Waals surface area contributed by atoms with Crippen LogP contribution in [0.3, 0.4) is 0 Å². The molecule has 0 atom stereocenters. The summed E-state index contributed by atoms with van der Waals surface area (Å²) in [4.78, 5) is 0. The Morgan fingerprint density at radius 3 is 2.50 bits per heavy atom. The van der Waals surface area contributed by atoms with Crippen LogP contribution in [0, 0.1) is 0 Å². The number of aryl methyl sites for hydroxylation is 2. The quantitative estimate of drug-likeness (QED) is 0.567. The molecule has 1 aromatic rings. The number of benzene rings is 1. The number of anilines is 1. The maximum Gasteiger partial charge on any atom is 0.0372 e. The molecule has 0 amide bonds. The van der Waals surface area contributed by atoms with E-state index in [1.165, 1.54) is 81.9 Å².